The topological polar surface area (TPSA) is 59.2 Å². The normalized spacial score (nSPS) is 16.5. The van der Waals surface area contributed by atoms with E-state index in [1.807, 2.05) is 35.4 Å². The predicted octanol–water partition coefficient (Wildman–Crippen LogP) is 4.04. The second kappa shape index (κ2) is 9.09. The smallest absolute Gasteiger partial charge is 0.239 e. The Kier molecular flexibility index (Phi) is 6.81. The number of hydrogen-bond acceptors (Lipinski definition) is 4. The van der Waals surface area contributed by atoms with Crippen LogP contribution in [-0.2, 0) is 11.2 Å². The molecule has 1 aromatic carbocycles. The van der Waals surface area contributed by atoms with Crippen molar-refractivity contribution in [3.05, 3.63) is 58.2 Å². The van der Waals surface area contributed by atoms with Gasteiger partial charge < -0.3 is 10.6 Å². The number of piperidine rings is 1. The third kappa shape index (κ3) is 5.13. The van der Waals surface area contributed by atoms with Gasteiger partial charge in [-0.1, -0.05) is 35.3 Å². The fraction of sp³-hybridized carbons (Fsp3) is 0.368. The fourth-order valence-corrected chi connectivity index (χ4v) is 4.58. The minimum atomic E-state index is -0.589. The number of carbonyl (C=O) groups is 1. The number of halogens is 2. The van der Waals surface area contributed by atoms with E-state index in [0.717, 1.165) is 36.5 Å². The van der Waals surface area contributed by atoms with Crippen molar-refractivity contribution in [3.63, 3.8) is 0 Å². The maximum absolute atomic E-state index is 12.7. The SMILES string of the molecule is NC(Cc1ccc(Cl)cc1Cl)C(=O)N1CCC(Sc2ccccn2)CC1. The fourth-order valence-electron chi connectivity index (χ4n) is 3.03. The van der Waals surface area contributed by atoms with Crippen molar-refractivity contribution >= 4 is 40.9 Å². The van der Waals surface area contributed by atoms with Crippen LogP contribution in [0.2, 0.25) is 10.0 Å². The van der Waals surface area contributed by atoms with E-state index >= 15 is 0 Å². The molecule has 26 heavy (non-hydrogen) atoms. The lowest BCUT2D eigenvalue weighted by molar-refractivity contribution is -0.133. The van der Waals surface area contributed by atoms with E-state index in [2.05, 4.69) is 4.98 Å². The van der Waals surface area contributed by atoms with E-state index < -0.39 is 6.04 Å². The first-order valence-corrected chi connectivity index (χ1v) is 10.2. The lowest BCUT2D eigenvalue weighted by Gasteiger charge is -2.33. The summed E-state index contributed by atoms with van der Waals surface area (Å²) in [7, 11) is 0. The summed E-state index contributed by atoms with van der Waals surface area (Å²) >= 11 is 13.9. The minimum absolute atomic E-state index is 0.0164. The molecule has 2 N–H and O–H groups in total. The summed E-state index contributed by atoms with van der Waals surface area (Å²) < 4.78 is 0. The van der Waals surface area contributed by atoms with Gasteiger partial charge in [-0.2, -0.15) is 0 Å². The first-order valence-electron chi connectivity index (χ1n) is 8.59. The van der Waals surface area contributed by atoms with Gasteiger partial charge in [0.15, 0.2) is 0 Å². The Bertz CT molecular complexity index is 752. The molecule has 0 bridgehead atoms. The average Bonchev–Trinajstić information content (AvgIpc) is 2.65. The number of thioether (sulfide) groups is 1. The summed E-state index contributed by atoms with van der Waals surface area (Å²) in [6, 6.07) is 10.6. The van der Waals surface area contributed by atoms with Gasteiger partial charge in [0, 0.05) is 34.6 Å². The van der Waals surface area contributed by atoms with Crippen molar-refractivity contribution in [3.8, 4) is 0 Å². The van der Waals surface area contributed by atoms with Gasteiger partial charge in [0.1, 0.15) is 0 Å². The summed E-state index contributed by atoms with van der Waals surface area (Å²) in [5.41, 5.74) is 6.99. The number of amides is 1. The number of carbonyl (C=O) groups excluding carboxylic acids is 1. The van der Waals surface area contributed by atoms with Crippen LogP contribution in [-0.4, -0.2) is 40.2 Å². The van der Waals surface area contributed by atoms with Crippen LogP contribution in [0.1, 0.15) is 18.4 Å². The highest BCUT2D eigenvalue weighted by Gasteiger charge is 2.27. The molecule has 1 aromatic heterocycles. The molecule has 1 unspecified atom stereocenters. The third-order valence-corrected chi connectivity index (χ3v) is 6.33. The average molecular weight is 410 g/mol. The molecule has 1 aliphatic heterocycles. The summed E-state index contributed by atoms with van der Waals surface area (Å²) in [5, 5.41) is 2.64. The zero-order valence-electron chi connectivity index (χ0n) is 14.3. The standard InChI is InChI=1S/C19H21Cl2N3OS/c20-14-5-4-13(16(21)12-14)11-17(22)19(25)24-9-6-15(7-10-24)26-18-3-1-2-8-23-18/h1-5,8,12,15,17H,6-7,9-11,22H2. The number of hydrogen-bond donors (Lipinski definition) is 1. The third-order valence-electron chi connectivity index (χ3n) is 4.45. The molecular weight excluding hydrogens is 389 g/mol. The Morgan fingerprint density at radius 1 is 1.27 bits per heavy atom. The molecule has 1 aliphatic rings. The Morgan fingerprint density at radius 3 is 2.69 bits per heavy atom. The molecule has 3 rings (SSSR count). The predicted molar refractivity (Wildman–Crippen MR) is 108 cm³/mol. The number of rotatable bonds is 5. The van der Waals surface area contributed by atoms with Gasteiger partial charge in [0.2, 0.25) is 5.91 Å². The Balaban J connectivity index is 1.51. The Hall–Kier alpha value is -1.27. The molecule has 1 atom stereocenters. The number of aromatic nitrogens is 1. The number of nitrogens with two attached hydrogens (primary N) is 1. The lowest BCUT2D eigenvalue weighted by atomic mass is 10.0. The van der Waals surface area contributed by atoms with Crippen LogP contribution in [0, 0.1) is 0 Å². The number of likely N-dealkylation sites (tertiary alicyclic amines) is 1. The van der Waals surface area contributed by atoms with E-state index in [4.69, 9.17) is 28.9 Å². The molecule has 1 saturated heterocycles. The Labute approximate surface area is 168 Å². The number of pyridine rings is 1. The van der Waals surface area contributed by atoms with Crippen LogP contribution in [0.15, 0.2) is 47.6 Å². The van der Waals surface area contributed by atoms with Gasteiger partial charge in [0.25, 0.3) is 0 Å². The summed E-state index contributed by atoms with van der Waals surface area (Å²) in [6.45, 7) is 1.46. The van der Waals surface area contributed by atoms with Gasteiger partial charge >= 0.3 is 0 Å². The van der Waals surface area contributed by atoms with E-state index in [1.54, 1.807) is 23.9 Å². The monoisotopic (exact) mass is 409 g/mol. The molecule has 7 heteroatoms. The van der Waals surface area contributed by atoms with Crippen LogP contribution in [0.4, 0.5) is 0 Å². The highest BCUT2D eigenvalue weighted by molar-refractivity contribution is 7.99. The van der Waals surface area contributed by atoms with Crippen LogP contribution in [0.25, 0.3) is 0 Å². The number of nitrogens with zero attached hydrogens (tertiary/aromatic N) is 2. The van der Waals surface area contributed by atoms with Crippen LogP contribution >= 0.6 is 35.0 Å². The molecule has 0 aliphatic carbocycles. The molecular formula is C19H21Cl2N3OS. The van der Waals surface area contributed by atoms with E-state index in [1.165, 1.54) is 0 Å². The zero-order chi connectivity index (χ0) is 18.5. The van der Waals surface area contributed by atoms with Gasteiger partial charge in [-0.3, -0.25) is 4.79 Å². The second-order valence-corrected chi connectivity index (χ2v) is 8.52. The van der Waals surface area contributed by atoms with Crippen molar-refractivity contribution in [2.24, 2.45) is 5.73 Å². The zero-order valence-corrected chi connectivity index (χ0v) is 16.6. The molecule has 0 spiro atoms. The van der Waals surface area contributed by atoms with Crippen LogP contribution in [0.3, 0.4) is 0 Å². The molecule has 4 nitrogen and oxygen atoms in total. The maximum Gasteiger partial charge on any atom is 0.239 e. The highest BCUT2D eigenvalue weighted by Crippen LogP contribution is 2.29. The van der Waals surface area contributed by atoms with Gasteiger partial charge in [-0.25, -0.2) is 4.98 Å². The first kappa shape index (κ1) is 19.5. The molecule has 0 radical (unpaired) electrons. The van der Waals surface area contributed by atoms with Crippen LogP contribution in [0.5, 0.6) is 0 Å². The molecule has 2 aromatic rings. The van der Waals surface area contributed by atoms with Gasteiger partial charge in [-0.15, -0.1) is 11.8 Å². The minimum Gasteiger partial charge on any atom is -0.341 e. The first-order chi connectivity index (χ1) is 12.5. The van der Waals surface area contributed by atoms with Crippen molar-refractivity contribution in [2.75, 3.05) is 13.1 Å². The number of benzene rings is 1. The summed E-state index contributed by atoms with van der Waals surface area (Å²) in [4.78, 5) is 18.9. The van der Waals surface area contributed by atoms with Crippen molar-refractivity contribution < 1.29 is 4.79 Å². The van der Waals surface area contributed by atoms with Gasteiger partial charge in [-0.05, 0) is 49.1 Å². The second-order valence-electron chi connectivity index (χ2n) is 6.36. The molecule has 1 fully saturated rings. The lowest BCUT2D eigenvalue weighted by Crippen LogP contribution is -2.48. The highest BCUT2D eigenvalue weighted by atomic mass is 35.5. The van der Waals surface area contributed by atoms with Crippen molar-refractivity contribution in [2.45, 2.75) is 35.6 Å². The van der Waals surface area contributed by atoms with Crippen LogP contribution < -0.4 is 5.73 Å². The van der Waals surface area contributed by atoms with E-state index in [-0.39, 0.29) is 5.91 Å². The molecule has 0 saturated carbocycles. The Morgan fingerprint density at radius 2 is 2.04 bits per heavy atom. The largest absolute Gasteiger partial charge is 0.341 e. The van der Waals surface area contributed by atoms with Crippen molar-refractivity contribution in [1.29, 1.82) is 0 Å². The molecule has 138 valence electrons. The van der Waals surface area contributed by atoms with E-state index in [0.29, 0.717) is 21.7 Å². The molecule has 2 heterocycles. The van der Waals surface area contributed by atoms with Gasteiger partial charge in [0.05, 0.1) is 11.1 Å². The summed E-state index contributed by atoms with van der Waals surface area (Å²) in [6.07, 6.45) is 4.11. The van der Waals surface area contributed by atoms with E-state index in [9.17, 15) is 4.79 Å². The van der Waals surface area contributed by atoms with Crippen molar-refractivity contribution in [1.82, 2.24) is 9.88 Å². The quantitative estimate of drug-likeness (QED) is 0.808. The summed E-state index contributed by atoms with van der Waals surface area (Å²) in [5.74, 6) is -0.0164. The molecule has 1 amide bonds. The maximum atomic E-state index is 12.7.